The van der Waals surface area contributed by atoms with Crippen molar-refractivity contribution in [3.63, 3.8) is 0 Å². The second kappa shape index (κ2) is 6.29. The standard InChI is InChI=1S/C15H26BP/c1-2-13-17(16,14-9-5-3-6-10-14)15-11-7-4-8-12-15/h1,14-16H,3-13H2. The summed E-state index contributed by atoms with van der Waals surface area (Å²) in [4.78, 5) is 0. The van der Waals surface area contributed by atoms with Gasteiger partial charge in [-0.05, 0) is 0 Å². The summed E-state index contributed by atoms with van der Waals surface area (Å²) in [7, 11) is 3.67. The molecule has 0 spiro atoms. The molecule has 0 bridgehead atoms. The first-order valence-corrected chi connectivity index (χ1v) is 9.72. The maximum absolute atomic E-state index is 5.67. The van der Waals surface area contributed by atoms with Crippen LogP contribution >= 0.6 is 7.14 Å². The average Bonchev–Trinajstić information content (AvgIpc) is 2.41. The van der Waals surface area contributed by atoms with Crippen LogP contribution in [0.25, 0.3) is 0 Å². The molecule has 0 N–H and O–H groups in total. The summed E-state index contributed by atoms with van der Waals surface area (Å²) in [6.07, 6.45) is 21.0. The maximum atomic E-state index is 5.67. The van der Waals surface area contributed by atoms with Crippen LogP contribution in [0, 0.1) is 12.3 Å². The Hall–Kier alpha value is 0.0549. The van der Waals surface area contributed by atoms with Crippen LogP contribution < -0.4 is 0 Å². The Balaban J connectivity index is 2.08. The third kappa shape index (κ3) is 3.09. The van der Waals surface area contributed by atoms with Crippen LogP contribution in [0.2, 0.25) is 0 Å². The molecule has 2 heteroatoms. The number of hydrogen-bond donors (Lipinski definition) is 0. The monoisotopic (exact) mass is 248 g/mol. The molecule has 0 unspecified atom stereocenters. The molecular weight excluding hydrogens is 222 g/mol. The SMILES string of the molecule is [BH+][P-](CC#C)(C1CCCCC1)C1CCCCC1. The molecule has 0 amide bonds. The minimum absolute atomic E-state index is 0.912. The zero-order valence-corrected chi connectivity index (χ0v) is 12.1. The first-order chi connectivity index (χ1) is 8.27. The van der Waals surface area contributed by atoms with Crippen molar-refractivity contribution < 1.29 is 0 Å². The van der Waals surface area contributed by atoms with Crippen LogP contribution in [-0.4, -0.2) is 25.0 Å². The molecule has 0 aromatic heterocycles. The van der Waals surface area contributed by atoms with Crippen LogP contribution in [0.3, 0.4) is 0 Å². The van der Waals surface area contributed by atoms with Gasteiger partial charge in [0.2, 0.25) is 0 Å². The van der Waals surface area contributed by atoms with Gasteiger partial charge in [0.1, 0.15) is 0 Å². The number of rotatable bonds is 3. The van der Waals surface area contributed by atoms with Crippen molar-refractivity contribution in [2.75, 3.05) is 6.16 Å². The zero-order chi connectivity index (χ0) is 12.1. The van der Waals surface area contributed by atoms with Gasteiger partial charge in [-0.25, -0.2) is 0 Å². The Morgan fingerprint density at radius 3 is 1.65 bits per heavy atom. The number of hydrogen-bond acceptors (Lipinski definition) is 0. The van der Waals surface area contributed by atoms with Crippen molar-refractivity contribution in [2.45, 2.75) is 75.5 Å². The Morgan fingerprint density at radius 1 is 0.882 bits per heavy atom. The van der Waals surface area contributed by atoms with E-state index in [1.54, 1.807) is 0 Å². The Labute approximate surface area is 109 Å². The third-order valence-electron chi connectivity index (χ3n) is 4.99. The van der Waals surface area contributed by atoms with Gasteiger partial charge in [0.25, 0.3) is 0 Å². The van der Waals surface area contributed by atoms with Crippen LogP contribution in [0.15, 0.2) is 0 Å². The molecule has 2 aliphatic rings. The van der Waals surface area contributed by atoms with Crippen molar-refractivity contribution in [1.29, 1.82) is 0 Å². The summed E-state index contributed by atoms with van der Waals surface area (Å²) < 4.78 is 0. The molecule has 0 saturated heterocycles. The summed E-state index contributed by atoms with van der Waals surface area (Å²) in [5.41, 5.74) is 1.82. The predicted octanol–water partition coefficient (Wildman–Crippen LogP) is 4.12. The van der Waals surface area contributed by atoms with E-state index in [2.05, 4.69) is 5.92 Å². The van der Waals surface area contributed by atoms with E-state index in [0.29, 0.717) is 0 Å². The molecule has 2 rings (SSSR count). The van der Waals surface area contributed by atoms with E-state index in [1.165, 1.54) is 64.2 Å². The van der Waals surface area contributed by atoms with Gasteiger partial charge in [-0.3, -0.25) is 0 Å². The Morgan fingerprint density at radius 2 is 1.29 bits per heavy atom. The van der Waals surface area contributed by atoms with Gasteiger partial charge in [0.05, 0.1) is 0 Å². The van der Waals surface area contributed by atoms with Gasteiger partial charge >= 0.3 is 109 Å². The summed E-state index contributed by atoms with van der Waals surface area (Å²) in [5.74, 6) is 2.99. The van der Waals surface area contributed by atoms with Crippen molar-refractivity contribution >= 4 is 14.7 Å². The molecule has 17 heavy (non-hydrogen) atoms. The molecule has 0 nitrogen and oxygen atoms in total. The van der Waals surface area contributed by atoms with E-state index in [1.807, 2.05) is 0 Å². The molecule has 0 heterocycles. The molecule has 0 radical (unpaired) electrons. The fourth-order valence-electron chi connectivity index (χ4n) is 3.92. The van der Waals surface area contributed by atoms with Gasteiger partial charge in [0, 0.05) is 0 Å². The molecule has 2 aliphatic carbocycles. The van der Waals surface area contributed by atoms with Crippen molar-refractivity contribution in [3.8, 4) is 12.3 Å². The van der Waals surface area contributed by atoms with Crippen LogP contribution in [0.4, 0.5) is 0 Å². The van der Waals surface area contributed by atoms with Crippen LogP contribution in [0.1, 0.15) is 64.2 Å². The van der Waals surface area contributed by atoms with Gasteiger partial charge in [0.15, 0.2) is 0 Å². The van der Waals surface area contributed by atoms with E-state index >= 15 is 0 Å². The van der Waals surface area contributed by atoms with Crippen LogP contribution in [0.5, 0.6) is 0 Å². The van der Waals surface area contributed by atoms with E-state index in [9.17, 15) is 0 Å². The van der Waals surface area contributed by atoms with E-state index in [-0.39, 0.29) is 0 Å². The van der Waals surface area contributed by atoms with Gasteiger partial charge in [-0.2, -0.15) is 0 Å². The van der Waals surface area contributed by atoms with Gasteiger partial charge in [-0.15, -0.1) is 0 Å². The topological polar surface area (TPSA) is 0 Å². The zero-order valence-electron chi connectivity index (χ0n) is 11.2. The van der Waals surface area contributed by atoms with Crippen molar-refractivity contribution in [3.05, 3.63) is 0 Å². The van der Waals surface area contributed by atoms with E-state index < -0.39 is 7.14 Å². The van der Waals surface area contributed by atoms with Crippen molar-refractivity contribution in [1.82, 2.24) is 0 Å². The Bertz CT molecular complexity index is 251. The average molecular weight is 248 g/mol. The molecule has 0 aliphatic heterocycles. The second-order valence-electron chi connectivity index (χ2n) is 6.05. The number of terminal acetylenes is 1. The third-order valence-corrected chi connectivity index (χ3v) is 9.70. The summed E-state index contributed by atoms with van der Waals surface area (Å²) in [6.45, 7) is 0. The summed E-state index contributed by atoms with van der Waals surface area (Å²) >= 11 is 0. The molecule has 0 aromatic carbocycles. The first kappa shape index (κ1) is 13.5. The fourth-order valence-corrected chi connectivity index (χ4v) is 8.16. The van der Waals surface area contributed by atoms with E-state index in [0.717, 1.165) is 17.5 Å². The molecule has 2 fully saturated rings. The van der Waals surface area contributed by atoms with E-state index in [4.69, 9.17) is 14.0 Å². The van der Waals surface area contributed by atoms with Crippen LogP contribution in [-0.2, 0) is 0 Å². The molecular formula is C15H26BP. The molecule has 2 saturated carbocycles. The van der Waals surface area contributed by atoms with Gasteiger partial charge in [-0.1, -0.05) is 0 Å². The molecule has 0 aromatic rings. The summed E-state index contributed by atoms with van der Waals surface area (Å²) in [6, 6.07) is 0. The van der Waals surface area contributed by atoms with Gasteiger partial charge < -0.3 is 0 Å². The molecule has 94 valence electrons. The predicted molar refractivity (Wildman–Crippen MR) is 81.5 cm³/mol. The summed E-state index contributed by atoms with van der Waals surface area (Å²) in [5, 5.41) is 0. The second-order valence-corrected chi connectivity index (χ2v) is 10.0. The Kier molecular flexibility index (Phi) is 4.99. The normalized spacial score (nSPS) is 25.3. The molecule has 0 atom stereocenters. The first-order valence-electron chi connectivity index (χ1n) is 7.42. The minimum atomic E-state index is -1.11. The quantitative estimate of drug-likeness (QED) is 0.400. The fraction of sp³-hybridized carbons (Fsp3) is 0.867. The van der Waals surface area contributed by atoms with Crippen molar-refractivity contribution in [2.24, 2.45) is 0 Å².